The molecule has 27 heavy (non-hydrogen) atoms. The fourth-order valence-electron chi connectivity index (χ4n) is 3.40. The quantitative estimate of drug-likeness (QED) is 0.677. The molecule has 2 aromatic heterocycles. The second kappa shape index (κ2) is 7.55. The maximum Gasteiger partial charge on any atom is 0.262 e. The molecule has 0 N–H and O–H groups in total. The van der Waals surface area contributed by atoms with Gasteiger partial charge in [0.2, 0.25) is 5.91 Å². The van der Waals surface area contributed by atoms with Crippen LogP contribution in [0.15, 0.2) is 23.8 Å². The molecule has 1 fully saturated rings. The Labute approximate surface area is 162 Å². The summed E-state index contributed by atoms with van der Waals surface area (Å²) >= 11 is 1.49. The van der Waals surface area contributed by atoms with Crippen LogP contribution in [0, 0.1) is 13.8 Å². The molecule has 7 nitrogen and oxygen atoms in total. The molecule has 0 aromatic carbocycles. The second-order valence-corrected chi connectivity index (χ2v) is 10.3. The van der Waals surface area contributed by atoms with E-state index in [2.05, 4.69) is 11.6 Å². The van der Waals surface area contributed by atoms with E-state index in [-0.39, 0.29) is 42.0 Å². The number of rotatable bonds is 6. The molecular weight excluding hydrogens is 386 g/mol. The fraction of sp³-hybridized carbons (Fsp3) is 0.500. The SMILES string of the molecule is C=CCN(C(=O)CCn1cnc2sc(C)c(C)c2c1=O)C1CCS(=O)(=O)C1. The number of fused-ring (bicyclic) bond motifs is 1. The summed E-state index contributed by atoms with van der Waals surface area (Å²) in [6.45, 7) is 8.03. The monoisotopic (exact) mass is 409 g/mol. The Kier molecular flexibility index (Phi) is 5.53. The minimum Gasteiger partial charge on any atom is -0.335 e. The predicted molar refractivity (Wildman–Crippen MR) is 107 cm³/mol. The number of thiophene rings is 1. The molecule has 3 heterocycles. The van der Waals surface area contributed by atoms with Crippen LogP contribution in [-0.2, 0) is 21.2 Å². The molecule has 1 aliphatic heterocycles. The van der Waals surface area contributed by atoms with Gasteiger partial charge < -0.3 is 4.90 Å². The molecule has 0 spiro atoms. The highest BCUT2D eigenvalue weighted by atomic mass is 32.2. The van der Waals surface area contributed by atoms with Crippen molar-refractivity contribution in [2.24, 2.45) is 0 Å². The van der Waals surface area contributed by atoms with E-state index in [4.69, 9.17) is 0 Å². The van der Waals surface area contributed by atoms with Gasteiger partial charge >= 0.3 is 0 Å². The molecule has 0 saturated carbocycles. The van der Waals surface area contributed by atoms with E-state index < -0.39 is 9.84 Å². The Morgan fingerprint density at radius 1 is 1.48 bits per heavy atom. The van der Waals surface area contributed by atoms with Crippen LogP contribution >= 0.6 is 11.3 Å². The summed E-state index contributed by atoms with van der Waals surface area (Å²) in [4.78, 5) is 33.1. The van der Waals surface area contributed by atoms with E-state index in [1.165, 1.54) is 22.2 Å². The minimum atomic E-state index is -3.09. The lowest BCUT2D eigenvalue weighted by molar-refractivity contribution is -0.132. The first-order valence-corrected chi connectivity index (χ1v) is 11.4. The van der Waals surface area contributed by atoms with Crippen molar-refractivity contribution in [3.8, 4) is 0 Å². The van der Waals surface area contributed by atoms with Crippen LogP contribution < -0.4 is 5.56 Å². The van der Waals surface area contributed by atoms with Crippen LogP contribution in [0.4, 0.5) is 0 Å². The van der Waals surface area contributed by atoms with Gasteiger partial charge in [0.25, 0.3) is 5.56 Å². The van der Waals surface area contributed by atoms with Crippen LogP contribution in [0.2, 0.25) is 0 Å². The molecule has 2 aromatic rings. The zero-order valence-corrected chi connectivity index (χ0v) is 17.1. The van der Waals surface area contributed by atoms with E-state index in [9.17, 15) is 18.0 Å². The Hall–Kier alpha value is -2.00. The first-order valence-electron chi connectivity index (χ1n) is 8.79. The summed E-state index contributed by atoms with van der Waals surface area (Å²) < 4.78 is 24.9. The zero-order valence-electron chi connectivity index (χ0n) is 15.5. The number of sulfone groups is 1. The molecule has 0 radical (unpaired) electrons. The Bertz CT molecular complexity index is 1050. The molecule has 0 bridgehead atoms. The Morgan fingerprint density at radius 3 is 2.85 bits per heavy atom. The predicted octanol–water partition coefficient (Wildman–Crippen LogP) is 1.67. The lowest BCUT2D eigenvalue weighted by Gasteiger charge is -2.27. The standard InChI is InChI=1S/C18H23N3O4S2/c1-4-7-21(14-6-9-27(24,25)10-14)15(22)5-8-20-11-19-17-16(18(20)23)12(2)13(3)26-17/h4,11,14H,1,5-10H2,2-3H3. The highest BCUT2D eigenvalue weighted by molar-refractivity contribution is 7.91. The topological polar surface area (TPSA) is 89.3 Å². The molecule has 3 rings (SSSR count). The largest absolute Gasteiger partial charge is 0.335 e. The summed E-state index contributed by atoms with van der Waals surface area (Å²) in [6.07, 6.45) is 3.63. The minimum absolute atomic E-state index is 0.00653. The van der Waals surface area contributed by atoms with Gasteiger partial charge in [0.15, 0.2) is 9.84 Å². The fourth-order valence-corrected chi connectivity index (χ4v) is 6.12. The molecule has 146 valence electrons. The third-order valence-electron chi connectivity index (χ3n) is 5.02. The van der Waals surface area contributed by atoms with Gasteiger partial charge in [-0.05, 0) is 25.8 Å². The van der Waals surface area contributed by atoms with E-state index in [1.807, 2.05) is 13.8 Å². The van der Waals surface area contributed by atoms with Crippen molar-refractivity contribution in [3.05, 3.63) is 39.8 Å². The van der Waals surface area contributed by atoms with Crippen molar-refractivity contribution in [2.45, 2.75) is 39.3 Å². The first-order chi connectivity index (χ1) is 12.7. The van der Waals surface area contributed by atoms with Crippen molar-refractivity contribution >= 4 is 37.3 Å². The summed E-state index contributed by atoms with van der Waals surface area (Å²) in [5, 5.41) is 0.609. The summed E-state index contributed by atoms with van der Waals surface area (Å²) in [6, 6.07) is -0.320. The number of nitrogens with zero attached hydrogens (tertiary/aromatic N) is 3. The third kappa shape index (κ3) is 3.98. The smallest absolute Gasteiger partial charge is 0.262 e. The van der Waals surface area contributed by atoms with Gasteiger partial charge in [0.1, 0.15) is 4.83 Å². The molecule has 9 heteroatoms. The molecule has 0 aliphatic carbocycles. The number of amides is 1. The number of aromatic nitrogens is 2. The number of hydrogen-bond acceptors (Lipinski definition) is 6. The van der Waals surface area contributed by atoms with Crippen molar-refractivity contribution in [1.29, 1.82) is 0 Å². The van der Waals surface area contributed by atoms with Gasteiger partial charge in [0, 0.05) is 30.4 Å². The Balaban J connectivity index is 1.77. The average Bonchev–Trinajstić information content (AvgIpc) is 3.11. The maximum absolute atomic E-state index is 12.7. The summed E-state index contributed by atoms with van der Waals surface area (Å²) in [5.41, 5.74) is 0.783. The van der Waals surface area contributed by atoms with Crippen molar-refractivity contribution in [1.82, 2.24) is 14.5 Å². The van der Waals surface area contributed by atoms with Crippen LogP contribution in [-0.4, -0.2) is 52.9 Å². The van der Waals surface area contributed by atoms with Gasteiger partial charge in [-0.2, -0.15) is 0 Å². The van der Waals surface area contributed by atoms with Gasteiger partial charge in [-0.25, -0.2) is 13.4 Å². The lowest BCUT2D eigenvalue weighted by atomic mass is 10.2. The number of hydrogen-bond donors (Lipinski definition) is 0. The average molecular weight is 410 g/mol. The Morgan fingerprint density at radius 2 is 2.22 bits per heavy atom. The van der Waals surface area contributed by atoms with Gasteiger partial charge in [0.05, 0.1) is 23.2 Å². The molecule has 1 amide bonds. The third-order valence-corrected chi connectivity index (χ3v) is 7.88. The molecule has 1 aliphatic rings. The van der Waals surface area contributed by atoms with E-state index in [1.54, 1.807) is 11.0 Å². The summed E-state index contributed by atoms with van der Waals surface area (Å²) in [5.74, 6) is -0.0785. The van der Waals surface area contributed by atoms with Crippen LogP contribution in [0.25, 0.3) is 10.2 Å². The number of carbonyl (C=O) groups is 1. The van der Waals surface area contributed by atoms with Crippen molar-refractivity contribution in [3.63, 3.8) is 0 Å². The number of aryl methyl sites for hydroxylation is 3. The molecule has 1 unspecified atom stereocenters. The number of carbonyl (C=O) groups excluding carboxylic acids is 1. The zero-order chi connectivity index (χ0) is 19.8. The van der Waals surface area contributed by atoms with Gasteiger partial charge in [-0.3, -0.25) is 14.2 Å². The highest BCUT2D eigenvalue weighted by Crippen LogP contribution is 2.25. The molecular formula is C18H23N3O4S2. The van der Waals surface area contributed by atoms with Crippen LogP contribution in [0.1, 0.15) is 23.3 Å². The van der Waals surface area contributed by atoms with Gasteiger partial charge in [-0.15, -0.1) is 17.9 Å². The van der Waals surface area contributed by atoms with E-state index >= 15 is 0 Å². The lowest BCUT2D eigenvalue weighted by Crippen LogP contribution is -2.41. The van der Waals surface area contributed by atoms with Crippen molar-refractivity contribution in [2.75, 3.05) is 18.1 Å². The molecule has 1 atom stereocenters. The second-order valence-electron chi connectivity index (χ2n) is 6.85. The highest BCUT2D eigenvalue weighted by Gasteiger charge is 2.33. The van der Waals surface area contributed by atoms with Crippen molar-refractivity contribution < 1.29 is 13.2 Å². The summed E-state index contributed by atoms with van der Waals surface area (Å²) in [7, 11) is -3.09. The molecule has 1 saturated heterocycles. The van der Waals surface area contributed by atoms with Crippen LogP contribution in [0.3, 0.4) is 0 Å². The van der Waals surface area contributed by atoms with E-state index in [0.717, 1.165) is 10.4 Å². The van der Waals surface area contributed by atoms with E-state index in [0.29, 0.717) is 23.2 Å². The normalized spacial score (nSPS) is 18.7. The van der Waals surface area contributed by atoms with Crippen LogP contribution in [0.5, 0.6) is 0 Å². The van der Waals surface area contributed by atoms with Gasteiger partial charge in [-0.1, -0.05) is 6.08 Å². The first kappa shape index (κ1) is 19.8. The maximum atomic E-state index is 12.7.